The number of imide groups is 1. The number of carbonyl (C=O) groups excluding carboxylic acids is 3. The molecule has 1 aromatic carbocycles. The number of nitrogens with zero attached hydrogens (tertiary/aromatic N) is 2. The zero-order valence-electron chi connectivity index (χ0n) is 15.1. The number of aromatic nitrogens is 1. The smallest absolute Gasteiger partial charge is 0.322 e. The molecule has 2 aliphatic rings. The van der Waals surface area contributed by atoms with Gasteiger partial charge in [0, 0.05) is 10.9 Å². The second-order valence-corrected chi connectivity index (χ2v) is 8.98. The van der Waals surface area contributed by atoms with Crippen molar-refractivity contribution in [2.45, 2.75) is 42.0 Å². The van der Waals surface area contributed by atoms with Crippen molar-refractivity contribution in [3.8, 4) is 11.3 Å². The molecule has 146 valence electrons. The van der Waals surface area contributed by atoms with Crippen LogP contribution in [0.1, 0.15) is 32.1 Å². The highest BCUT2D eigenvalue weighted by Crippen LogP contribution is 2.33. The van der Waals surface area contributed by atoms with Crippen molar-refractivity contribution in [3.05, 3.63) is 35.7 Å². The van der Waals surface area contributed by atoms with E-state index in [2.05, 4.69) is 15.7 Å². The number of thiazole rings is 1. The molecular weight excluding hydrogens is 396 g/mol. The van der Waals surface area contributed by atoms with Gasteiger partial charge in [-0.05, 0) is 12.8 Å². The number of urea groups is 1. The second-order valence-electron chi connectivity index (χ2n) is 6.90. The Kier molecular flexibility index (Phi) is 5.36. The zero-order valence-corrected chi connectivity index (χ0v) is 16.8. The Labute approximate surface area is 170 Å². The van der Waals surface area contributed by atoms with Crippen LogP contribution in [0.3, 0.4) is 0 Å². The quantitative estimate of drug-likeness (QED) is 0.577. The van der Waals surface area contributed by atoms with Gasteiger partial charge in [0.2, 0.25) is 5.91 Å². The fraction of sp³-hybridized carbons (Fsp3) is 0.368. The lowest BCUT2D eigenvalue weighted by molar-refractivity contribution is -0.139. The molecule has 2 N–H and O–H groups in total. The number of hydrazine groups is 1. The Balaban J connectivity index is 1.33. The molecule has 1 aliphatic carbocycles. The van der Waals surface area contributed by atoms with Gasteiger partial charge in [0.05, 0.1) is 11.4 Å². The molecule has 1 saturated heterocycles. The van der Waals surface area contributed by atoms with Crippen molar-refractivity contribution < 1.29 is 14.4 Å². The van der Waals surface area contributed by atoms with Crippen molar-refractivity contribution >= 4 is 40.9 Å². The molecule has 7 nitrogen and oxygen atoms in total. The Morgan fingerprint density at radius 3 is 2.71 bits per heavy atom. The molecule has 28 heavy (non-hydrogen) atoms. The van der Waals surface area contributed by atoms with Gasteiger partial charge < -0.3 is 5.32 Å². The third-order valence-electron chi connectivity index (χ3n) is 4.98. The number of nitrogens with one attached hydrogen (secondary N) is 2. The molecular formula is C19H20N4O3S2. The molecule has 0 unspecified atom stereocenters. The van der Waals surface area contributed by atoms with Gasteiger partial charge >= 0.3 is 6.03 Å². The normalized spacial score (nSPS) is 18.4. The molecule has 1 saturated carbocycles. The lowest BCUT2D eigenvalue weighted by Gasteiger charge is -2.30. The Bertz CT molecular complexity index is 894. The third-order valence-corrected chi connectivity index (χ3v) is 7.01. The van der Waals surface area contributed by atoms with Gasteiger partial charge in [-0.25, -0.2) is 9.78 Å². The van der Waals surface area contributed by atoms with Crippen molar-refractivity contribution in [3.63, 3.8) is 0 Å². The highest BCUT2D eigenvalue weighted by Gasteiger charge is 2.52. The van der Waals surface area contributed by atoms with Crippen molar-refractivity contribution in [1.29, 1.82) is 0 Å². The number of thioether (sulfide) groups is 1. The highest BCUT2D eigenvalue weighted by atomic mass is 32.2. The van der Waals surface area contributed by atoms with E-state index in [-0.39, 0.29) is 11.7 Å². The van der Waals surface area contributed by atoms with E-state index in [0.717, 1.165) is 39.9 Å². The fourth-order valence-corrected chi connectivity index (χ4v) is 5.19. The maximum atomic E-state index is 12.7. The van der Waals surface area contributed by atoms with Crippen LogP contribution in [0.5, 0.6) is 0 Å². The molecule has 2 aromatic rings. The first-order valence-corrected chi connectivity index (χ1v) is 11.0. The van der Waals surface area contributed by atoms with E-state index in [1.165, 1.54) is 23.1 Å². The molecule has 2 fully saturated rings. The van der Waals surface area contributed by atoms with Crippen LogP contribution in [0.4, 0.5) is 4.79 Å². The summed E-state index contributed by atoms with van der Waals surface area (Å²) >= 11 is 2.74. The largest absolute Gasteiger partial charge is 0.344 e. The first kappa shape index (κ1) is 18.9. The molecule has 1 aromatic heterocycles. The van der Waals surface area contributed by atoms with Crippen molar-refractivity contribution in [2.24, 2.45) is 0 Å². The minimum Gasteiger partial charge on any atom is -0.322 e. The topological polar surface area (TPSA) is 91.4 Å². The number of carbonyl (C=O) groups is 3. The standard InChI is InChI=1S/C19H20N4O3S2/c24-15(12-28-18-20-14(11-27-18)13-7-3-1-4-8-13)22-23-16(25)19(21-17(23)26)9-5-2-6-10-19/h1,3-4,7-8,11H,2,5-6,9-10,12H2,(H,21,26)(H,22,24). The average Bonchev–Trinajstić information content (AvgIpc) is 3.27. The molecule has 0 bridgehead atoms. The predicted molar refractivity (Wildman–Crippen MR) is 108 cm³/mol. The van der Waals surface area contributed by atoms with E-state index in [1.54, 1.807) is 0 Å². The Morgan fingerprint density at radius 1 is 1.21 bits per heavy atom. The number of benzene rings is 1. The summed E-state index contributed by atoms with van der Waals surface area (Å²) in [5.41, 5.74) is 3.49. The summed E-state index contributed by atoms with van der Waals surface area (Å²) in [7, 11) is 0. The molecule has 4 amide bonds. The predicted octanol–water partition coefficient (Wildman–Crippen LogP) is 3.19. The summed E-state index contributed by atoms with van der Waals surface area (Å²) in [5.74, 6) is -0.680. The molecule has 9 heteroatoms. The summed E-state index contributed by atoms with van der Waals surface area (Å²) < 4.78 is 0.759. The van der Waals surface area contributed by atoms with E-state index < -0.39 is 17.5 Å². The summed E-state index contributed by atoms with van der Waals surface area (Å²) in [4.78, 5) is 41.7. The monoisotopic (exact) mass is 416 g/mol. The van der Waals surface area contributed by atoms with Gasteiger partial charge in [-0.15, -0.1) is 11.3 Å². The SMILES string of the molecule is O=C(CSc1nc(-c2ccccc2)cs1)NN1C(=O)NC2(CCCCC2)C1=O. The van der Waals surface area contributed by atoms with E-state index in [4.69, 9.17) is 0 Å². The van der Waals surface area contributed by atoms with Gasteiger partial charge in [-0.3, -0.25) is 15.0 Å². The number of hydrogen-bond donors (Lipinski definition) is 2. The van der Waals surface area contributed by atoms with Crippen molar-refractivity contribution in [1.82, 2.24) is 20.7 Å². The number of amides is 4. The lowest BCUT2D eigenvalue weighted by Crippen LogP contribution is -2.51. The zero-order chi connectivity index (χ0) is 19.6. The molecule has 0 atom stereocenters. The van der Waals surface area contributed by atoms with Crippen LogP contribution < -0.4 is 10.7 Å². The third kappa shape index (κ3) is 3.77. The van der Waals surface area contributed by atoms with Crippen molar-refractivity contribution in [2.75, 3.05) is 5.75 Å². The highest BCUT2D eigenvalue weighted by molar-refractivity contribution is 8.01. The molecule has 1 spiro atoms. The molecule has 4 rings (SSSR count). The first-order chi connectivity index (χ1) is 13.6. The average molecular weight is 417 g/mol. The summed E-state index contributed by atoms with van der Waals surface area (Å²) in [6.07, 6.45) is 4.11. The summed E-state index contributed by atoms with van der Waals surface area (Å²) in [6, 6.07) is 9.26. The number of rotatable bonds is 5. The van der Waals surface area contributed by atoms with E-state index in [0.29, 0.717) is 12.8 Å². The minimum absolute atomic E-state index is 0.0752. The maximum Gasteiger partial charge on any atom is 0.344 e. The van der Waals surface area contributed by atoms with E-state index in [1.807, 2.05) is 35.7 Å². The van der Waals surface area contributed by atoms with Crippen LogP contribution in [0, 0.1) is 0 Å². The van der Waals surface area contributed by atoms with Gasteiger partial charge in [-0.2, -0.15) is 5.01 Å². The van der Waals surface area contributed by atoms with Gasteiger partial charge in [0.25, 0.3) is 5.91 Å². The van der Waals surface area contributed by atoms with Crippen LogP contribution in [0.15, 0.2) is 40.1 Å². The van der Waals surface area contributed by atoms with Crippen LogP contribution in [0.2, 0.25) is 0 Å². The molecule has 2 heterocycles. The maximum absolute atomic E-state index is 12.7. The summed E-state index contributed by atoms with van der Waals surface area (Å²) in [5, 5.41) is 5.56. The summed E-state index contributed by atoms with van der Waals surface area (Å²) in [6.45, 7) is 0. The van der Waals surface area contributed by atoms with E-state index >= 15 is 0 Å². The van der Waals surface area contributed by atoms with Crippen LogP contribution in [-0.2, 0) is 9.59 Å². The fourth-order valence-electron chi connectivity index (χ4n) is 3.57. The second kappa shape index (κ2) is 7.92. The van der Waals surface area contributed by atoms with E-state index in [9.17, 15) is 14.4 Å². The molecule has 1 aliphatic heterocycles. The number of hydrogen-bond acceptors (Lipinski definition) is 6. The first-order valence-electron chi connectivity index (χ1n) is 9.17. The van der Waals surface area contributed by atoms with Gasteiger partial charge in [0.1, 0.15) is 5.54 Å². The van der Waals surface area contributed by atoms with Gasteiger partial charge in [-0.1, -0.05) is 61.4 Å². The van der Waals surface area contributed by atoms with Crippen LogP contribution in [0.25, 0.3) is 11.3 Å². The van der Waals surface area contributed by atoms with Gasteiger partial charge in [0.15, 0.2) is 4.34 Å². The Morgan fingerprint density at radius 2 is 1.96 bits per heavy atom. The molecule has 0 radical (unpaired) electrons. The lowest BCUT2D eigenvalue weighted by atomic mass is 9.82. The Hall–Kier alpha value is -2.39. The van der Waals surface area contributed by atoms with Crippen LogP contribution >= 0.6 is 23.1 Å². The minimum atomic E-state index is -0.838. The van der Waals surface area contributed by atoms with Crippen LogP contribution in [-0.4, -0.2) is 39.1 Å².